The van der Waals surface area contributed by atoms with Gasteiger partial charge < -0.3 is 10.6 Å². The van der Waals surface area contributed by atoms with E-state index in [1.165, 1.54) is 12.8 Å². The Labute approximate surface area is 148 Å². The third-order valence-corrected chi connectivity index (χ3v) is 4.84. The zero-order valence-electron chi connectivity index (χ0n) is 13.7. The van der Waals surface area contributed by atoms with Crippen molar-refractivity contribution < 1.29 is 4.79 Å². The average molecular weight is 343 g/mol. The van der Waals surface area contributed by atoms with E-state index in [9.17, 15) is 4.79 Å². The lowest BCUT2D eigenvalue weighted by Gasteiger charge is -2.22. The molecule has 2 aromatic rings. The summed E-state index contributed by atoms with van der Waals surface area (Å²) in [6.45, 7) is 2.92. The van der Waals surface area contributed by atoms with Crippen molar-refractivity contribution in [3.8, 4) is 11.1 Å². The fourth-order valence-corrected chi connectivity index (χ4v) is 3.43. The topological polar surface area (TPSA) is 41.1 Å². The first-order valence-electron chi connectivity index (χ1n) is 8.58. The van der Waals surface area contributed by atoms with Gasteiger partial charge in [-0.2, -0.15) is 0 Å². The lowest BCUT2D eigenvalue weighted by molar-refractivity contribution is 0.0951. The van der Waals surface area contributed by atoms with Gasteiger partial charge >= 0.3 is 0 Å². The van der Waals surface area contributed by atoms with Gasteiger partial charge in [-0.25, -0.2) is 0 Å². The first kappa shape index (κ1) is 17.0. The molecule has 1 saturated heterocycles. The van der Waals surface area contributed by atoms with Crippen LogP contribution in [0.25, 0.3) is 11.1 Å². The summed E-state index contributed by atoms with van der Waals surface area (Å²) < 4.78 is 0. The highest BCUT2D eigenvalue weighted by Crippen LogP contribution is 2.26. The Hall–Kier alpha value is -1.84. The van der Waals surface area contributed by atoms with Gasteiger partial charge in [0.2, 0.25) is 0 Å². The lowest BCUT2D eigenvalue weighted by Crippen LogP contribution is -2.31. The second kappa shape index (κ2) is 8.32. The molecule has 0 atom stereocenters. The van der Waals surface area contributed by atoms with Crippen LogP contribution in [0.15, 0.2) is 48.5 Å². The van der Waals surface area contributed by atoms with Crippen LogP contribution >= 0.6 is 11.6 Å². The Morgan fingerprint density at radius 2 is 1.92 bits per heavy atom. The maximum atomic E-state index is 12.6. The molecular weight excluding hydrogens is 320 g/mol. The van der Waals surface area contributed by atoms with Crippen LogP contribution in [-0.4, -0.2) is 25.5 Å². The van der Waals surface area contributed by atoms with Crippen LogP contribution in [0.2, 0.25) is 5.02 Å². The Morgan fingerprint density at radius 3 is 2.71 bits per heavy atom. The van der Waals surface area contributed by atoms with Gasteiger partial charge in [-0.15, -0.1) is 0 Å². The largest absolute Gasteiger partial charge is 0.352 e. The second-order valence-electron chi connectivity index (χ2n) is 6.29. The van der Waals surface area contributed by atoms with E-state index in [-0.39, 0.29) is 5.91 Å². The number of rotatable bonds is 5. The van der Waals surface area contributed by atoms with Crippen molar-refractivity contribution in [1.82, 2.24) is 10.6 Å². The molecule has 0 saturated carbocycles. The summed E-state index contributed by atoms with van der Waals surface area (Å²) in [6, 6.07) is 15.3. The summed E-state index contributed by atoms with van der Waals surface area (Å²) in [7, 11) is 0. The van der Waals surface area contributed by atoms with Crippen LogP contribution in [0.5, 0.6) is 0 Å². The molecule has 126 valence electrons. The minimum absolute atomic E-state index is 0.0143. The van der Waals surface area contributed by atoms with E-state index in [0.29, 0.717) is 10.6 Å². The molecule has 0 bridgehead atoms. The number of hydrogen-bond acceptors (Lipinski definition) is 2. The van der Waals surface area contributed by atoms with Gasteiger partial charge in [0, 0.05) is 17.1 Å². The third kappa shape index (κ3) is 4.37. The Balaban J connectivity index is 1.66. The van der Waals surface area contributed by atoms with Crippen LogP contribution in [0, 0.1) is 5.92 Å². The molecule has 1 amide bonds. The molecule has 0 aliphatic carbocycles. The van der Waals surface area contributed by atoms with Crippen LogP contribution < -0.4 is 10.6 Å². The number of carbonyl (C=O) groups excluding carboxylic acids is 1. The van der Waals surface area contributed by atoms with Crippen LogP contribution in [0.1, 0.15) is 29.6 Å². The van der Waals surface area contributed by atoms with E-state index >= 15 is 0 Å². The van der Waals surface area contributed by atoms with Crippen molar-refractivity contribution >= 4 is 17.5 Å². The van der Waals surface area contributed by atoms with Gasteiger partial charge in [0.15, 0.2) is 0 Å². The number of halogens is 1. The van der Waals surface area contributed by atoms with Gasteiger partial charge in [0.25, 0.3) is 5.91 Å². The molecule has 1 aliphatic rings. The fraction of sp³-hybridized carbons (Fsp3) is 0.350. The SMILES string of the molecule is O=C(NCCC1CCNCC1)c1ccccc1-c1cccc(Cl)c1. The van der Waals surface area contributed by atoms with E-state index < -0.39 is 0 Å². The van der Waals surface area contributed by atoms with E-state index in [4.69, 9.17) is 11.6 Å². The summed E-state index contributed by atoms with van der Waals surface area (Å²) >= 11 is 6.09. The predicted octanol–water partition coefficient (Wildman–Crippen LogP) is 4.13. The highest BCUT2D eigenvalue weighted by atomic mass is 35.5. The minimum atomic E-state index is -0.0143. The van der Waals surface area contributed by atoms with E-state index in [1.54, 1.807) is 0 Å². The Morgan fingerprint density at radius 1 is 1.12 bits per heavy atom. The molecule has 24 heavy (non-hydrogen) atoms. The van der Waals surface area contributed by atoms with E-state index in [0.717, 1.165) is 43.1 Å². The number of carbonyl (C=O) groups is 1. The van der Waals surface area contributed by atoms with Crippen molar-refractivity contribution in [2.45, 2.75) is 19.3 Å². The van der Waals surface area contributed by atoms with E-state index in [2.05, 4.69) is 10.6 Å². The highest BCUT2D eigenvalue weighted by Gasteiger charge is 2.15. The molecule has 3 nitrogen and oxygen atoms in total. The predicted molar refractivity (Wildman–Crippen MR) is 99.4 cm³/mol. The summed E-state index contributed by atoms with van der Waals surface area (Å²) in [5, 5.41) is 7.13. The van der Waals surface area contributed by atoms with Crippen molar-refractivity contribution in [3.05, 3.63) is 59.1 Å². The molecule has 0 aromatic heterocycles. The molecule has 3 rings (SSSR count). The van der Waals surface area contributed by atoms with Crippen molar-refractivity contribution in [2.75, 3.05) is 19.6 Å². The Kier molecular flexibility index (Phi) is 5.89. The molecule has 2 N–H and O–H groups in total. The molecule has 0 spiro atoms. The lowest BCUT2D eigenvalue weighted by atomic mass is 9.94. The number of piperidine rings is 1. The van der Waals surface area contributed by atoms with E-state index in [1.807, 2.05) is 48.5 Å². The zero-order valence-corrected chi connectivity index (χ0v) is 14.5. The fourth-order valence-electron chi connectivity index (χ4n) is 3.24. The number of nitrogens with one attached hydrogen (secondary N) is 2. The zero-order chi connectivity index (χ0) is 16.8. The average Bonchev–Trinajstić information content (AvgIpc) is 2.62. The molecular formula is C20H23ClN2O. The first-order valence-corrected chi connectivity index (χ1v) is 8.96. The molecule has 0 unspecified atom stereocenters. The first-order chi connectivity index (χ1) is 11.7. The summed E-state index contributed by atoms with van der Waals surface area (Å²) in [5.41, 5.74) is 2.58. The van der Waals surface area contributed by atoms with Crippen molar-refractivity contribution in [3.63, 3.8) is 0 Å². The van der Waals surface area contributed by atoms with Gasteiger partial charge in [-0.1, -0.05) is 41.9 Å². The van der Waals surface area contributed by atoms with Crippen molar-refractivity contribution in [1.29, 1.82) is 0 Å². The van der Waals surface area contributed by atoms with Crippen LogP contribution in [0.3, 0.4) is 0 Å². The molecule has 1 aliphatic heterocycles. The second-order valence-corrected chi connectivity index (χ2v) is 6.73. The molecule has 2 aromatic carbocycles. The van der Waals surface area contributed by atoms with Crippen molar-refractivity contribution in [2.24, 2.45) is 5.92 Å². The molecule has 1 fully saturated rings. The van der Waals surface area contributed by atoms with Gasteiger partial charge in [-0.05, 0) is 67.6 Å². The standard InChI is InChI=1S/C20H23ClN2O/c21-17-5-3-4-16(14-17)18-6-1-2-7-19(18)20(24)23-13-10-15-8-11-22-12-9-15/h1-7,14-15,22H,8-13H2,(H,23,24). The van der Waals surface area contributed by atoms with Gasteiger partial charge in [0.05, 0.1) is 0 Å². The van der Waals surface area contributed by atoms with Gasteiger partial charge in [0.1, 0.15) is 0 Å². The maximum absolute atomic E-state index is 12.6. The smallest absolute Gasteiger partial charge is 0.251 e. The molecule has 1 heterocycles. The van der Waals surface area contributed by atoms with Gasteiger partial charge in [-0.3, -0.25) is 4.79 Å². The number of hydrogen-bond donors (Lipinski definition) is 2. The van der Waals surface area contributed by atoms with Crippen LogP contribution in [0.4, 0.5) is 0 Å². The molecule has 4 heteroatoms. The normalized spacial score (nSPS) is 15.2. The molecule has 0 radical (unpaired) electrons. The summed E-state index contributed by atoms with van der Waals surface area (Å²) in [6.07, 6.45) is 3.46. The monoisotopic (exact) mass is 342 g/mol. The quantitative estimate of drug-likeness (QED) is 0.858. The highest BCUT2D eigenvalue weighted by molar-refractivity contribution is 6.30. The minimum Gasteiger partial charge on any atom is -0.352 e. The van der Waals surface area contributed by atoms with Crippen LogP contribution in [-0.2, 0) is 0 Å². The number of amides is 1. The number of benzene rings is 2. The summed E-state index contributed by atoms with van der Waals surface area (Å²) in [4.78, 5) is 12.6. The Bertz CT molecular complexity index is 696. The summed E-state index contributed by atoms with van der Waals surface area (Å²) in [5.74, 6) is 0.703. The third-order valence-electron chi connectivity index (χ3n) is 4.60. The maximum Gasteiger partial charge on any atom is 0.251 e.